The average Bonchev–Trinajstić information content (AvgIpc) is 3.29. The predicted molar refractivity (Wildman–Crippen MR) is 128 cm³/mol. The number of hydrogen-bond acceptors (Lipinski definition) is 6. The van der Waals surface area contributed by atoms with Crippen molar-refractivity contribution in [3.8, 4) is 5.75 Å². The summed E-state index contributed by atoms with van der Waals surface area (Å²) in [6.07, 6.45) is 0. The molecule has 1 aliphatic rings. The Kier molecular flexibility index (Phi) is 9.02. The van der Waals surface area contributed by atoms with Gasteiger partial charge < -0.3 is 24.6 Å². The zero-order chi connectivity index (χ0) is 19.9. The smallest absolute Gasteiger partial charge is 0.341 e. The first-order chi connectivity index (χ1) is 13.7. The number of esters is 1. The number of halogens is 1. The van der Waals surface area contributed by atoms with Crippen LogP contribution in [0.2, 0.25) is 0 Å². The summed E-state index contributed by atoms with van der Waals surface area (Å²) < 4.78 is 10.1. The van der Waals surface area contributed by atoms with E-state index in [9.17, 15) is 4.79 Å². The number of benzene rings is 1. The van der Waals surface area contributed by atoms with Crippen molar-refractivity contribution in [1.29, 1.82) is 0 Å². The molecule has 0 amide bonds. The van der Waals surface area contributed by atoms with E-state index in [1.807, 2.05) is 12.1 Å². The van der Waals surface area contributed by atoms with E-state index >= 15 is 0 Å². The molecule has 1 fully saturated rings. The molecule has 3 rings (SSSR count). The van der Waals surface area contributed by atoms with E-state index in [0.717, 1.165) is 37.7 Å². The Hall–Kier alpha value is -2.01. The highest BCUT2D eigenvalue weighted by molar-refractivity contribution is 14.0. The van der Waals surface area contributed by atoms with Gasteiger partial charge >= 0.3 is 5.97 Å². The van der Waals surface area contributed by atoms with Gasteiger partial charge in [0, 0.05) is 39.8 Å². The van der Waals surface area contributed by atoms with Gasteiger partial charge in [0.05, 0.1) is 19.2 Å². The molecular formula is C20H27IN4O3S. The Morgan fingerprint density at radius 1 is 1.21 bits per heavy atom. The SMILES string of the molecule is CN=C(NCc1ccc(C(=O)OC)c(OC)c1)N1CCN(c2cccs2)CC1.I. The number of guanidine groups is 1. The molecule has 1 N–H and O–H groups in total. The van der Waals surface area contributed by atoms with E-state index in [0.29, 0.717) is 17.9 Å². The Morgan fingerprint density at radius 2 is 1.97 bits per heavy atom. The van der Waals surface area contributed by atoms with Crippen LogP contribution >= 0.6 is 35.3 Å². The minimum absolute atomic E-state index is 0. The number of piperazine rings is 1. The van der Waals surface area contributed by atoms with Crippen LogP contribution in [0.4, 0.5) is 5.00 Å². The topological polar surface area (TPSA) is 66.4 Å². The van der Waals surface area contributed by atoms with Crippen molar-refractivity contribution in [2.75, 3.05) is 52.3 Å². The Bertz CT molecular complexity index is 821. The minimum Gasteiger partial charge on any atom is -0.496 e. The first-order valence-electron chi connectivity index (χ1n) is 9.15. The summed E-state index contributed by atoms with van der Waals surface area (Å²) in [6.45, 7) is 4.38. The molecule has 2 heterocycles. The van der Waals surface area contributed by atoms with E-state index in [1.165, 1.54) is 12.1 Å². The average molecular weight is 530 g/mol. The van der Waals surface area contributed by atoms with Gasteiger partial charge in [-0.15, -0.1) is 35.3 Å². The maximum atomic E-state index is 11.8. The second-order valence-corrected chi connectivity index (χ2v) is 7.28. The molecule has 1 aromatic carbocycles. The molecule has 1 saturated heterocycles. The summed E-state index contributed by atoms with van der Waals surface area (Å²) in [5.41, 5.74) is 1.42. The number of thiophene rings is 1. The normalized spacial score (nSPS) is 14.2. The quantitative estimate of drug-likeness (QED) is 0.278. The van der Waals surface area contributed by atoms with Crippen molar-refractivity contribution in [2.45, 2.75) is 6.54 Å². The molecule has 0 radical (unpaired) electrons. The number of nitrogens with one attached hydrogen (secondary N) is 1. The first-order valence-corrected chi connectivity index (χ1v) is 10.0. The number of carbonyl (C=O) groups excluding carboxylic acids is 1. The highest BCUT2D eigenvalue weighted by Crippen LogP contribution is 2.23. The van der Waals surface area contributed by atoms with Gasteiger partial charge in [-0.05, 0) is 35.2 Å². The van der Waals surface area contributed by atoms with Crippen LogP contribution in [0.25, 0.3) is 0 Å². The Morgan fingerprint density at radius 3 is 2.55 bits per heavy atom. The van der Waals surface area contributed by atoms with Gasteiger partial charge in [-0.1, -0.05) is 6.07 Å². The summed E-state index contributed by atoms with van der Waals surface area (Å²) >= 11 is 1.78. The molecule has 0 bridgehead atoms. The lowest BCUT2D eigenvalue weighted by atomic mass is 10.1. The summed E-state index contributed by atoms with van der Waals surface area (Å²) in [4.78, 5) is 20.9. The fraction of sp³-hybridized carbons (Fsp3) is 0.400. The van der Waals surface area contributed by atoms with Gasteiger partial charge in [0.25, 0.3) is 0 Å². The van der Waals surface area contributed by atoms with E-state index < -0.39 is 5.97 Å². The molecular weight excluding hydrogens is 503 g/mol. The van der Waals surface area contributed by atoms with Crippen LogP contribution < -0.4 is 15.0 Å². The third-order valence-electron chi connectivity index (χ3n) is 4.73. The predicted octanol–water partition coefficient (Wildman–Crippen LogP) is 3.06. The molecule has 2 aromatic rings. The zero-order valence-corrected chi connectivity index (χ0v) is 20.0. The van der Waals surface area contributed by atoms with Crippen molar-refractivity contribution < 1.29 is 14.3 Å². The molecule has 0 spiro atoms. The number of nitrogens with zero attached hydrogens (tertiary/aromatic N) is 3. The summed E-state index contributed by atoms with van der Waals surface area (Å²) in [6, 6.07) is 9.72. The van der Waals surface area contributed by atoms with Gasteiger partial charge in [-0.25, -0.2) is 4.79 Å². The second kappa shape index (κ2) is 11.2. The van der Waals surface area contributed by atoms with Gasteiger partial charge in [-0.3, -0.25) is 4.99 Å². The lowest BCUT2D eigenvalue weighted by molar-refractivity contribution is 0.0597. The number of aliphatic imine (C=N–C) groups is 1. The number of ether oxygens (including phenoxy) is 2. The molecule has 1 aliphatic heterocycles. The van der Waals surface area contributed by atoms with Crippen molar-refractivity contribution in [1.82, 2.24) is 10.2 Å². The Balaban J connectivity index is 0.00000300. The van der Waals surface area contributed by atoms with Crippen molar-refractivity contribution >= 4 is 52.2 Å². The van der Waals surface area contributed by atoms with Crippen LogP contribution in [-0.4, -0.2) is 64.3 Å². The summed E-state index contributed by atoms with van der Waals surface area (Å²) in [5, 5.41) is 6.84. The van der Waals surface area contributed by atoms with Crippen LogP contribution in [0, 0.1) is 0 Å². The maximum absolute atomic E-state index is 11.8. The largest absolute Gasteiger partial charge is 0.496 e. The van der Waals surface area contributed by atoms with Gasteiger partial charge in [0.2, 0.25) is 0 Å². The summed E-state index contributed by atoms with van der Waals surface area (Å²) in [5.74, 6) is 0.975. The lowest BCUT2D eigenvalue weighted by Gasteiger charge is -2.37. The van der Waals surface area contributed by atoms with E-state index in [2.05, 4.69) is 37.6 Å². The summed E-state index contributed by atoms with van der Waals surface area (Å²) in [7, 11) is 4.71. The van der Waals surface area contributed by atoms with E-state index in [4.69, 9.17) is 9.47 Å². The maximum Gasteiger partial charge on any atom is 0.341 e. The standard InChI is InChI=1S/C20H26N4O3S.HI/c1-21-20(24-10-8-23(9-11-24)18-5-4-12-28-18)22-14-15-6-7-16(19(25)27-3)17(13-15)26-2;/h4-7,12-13H,8-11,14H2,1-3H3,(H,21,22);1H. The number of hydrogen-bond donors (Lipinski definition) is 1. The highest BCUT2D eigenvalue weighted by atomic mass is 127. The number of rotatable bonds is 5. The van der Waals surface area contributed by atoms with Crippen molar-refractivity contribution in [3.63, 3.8) is 0 Å². The van der Waals surface area contributed by atoms with Gasteiger partial charge in [0.1, 0.15) is 11.3 Å². The second-order valence-electron chi connectivity index (χ2n) is 6.35. The van der Waals surface area contributed by atoms with Crippen LogP contribution in [0.15, 0.2) is 40.7 Å². The van der Waals surface area contributed by atoms with E-state index in [-0.39, 0.29) is 24.0 Å². The van der Waals surface area contributed by atoms with Gasteiger partial charge in [0.15, 0.2) is 5.96 Å². The highest BCUT2D eigenvalue weighted by Gasteiger charge is 2.20. The molecule has 29 heavy (non-hydrogen) atoms. The minimum atomic E-state index is -0.407. The Labute approximate surface area is 192 Å². The van der Waals surface area contributed by atoms with Crippen molar-refractivity contribution in [3.05, 3.63) is 46.8 Å². The molecule has 0 atom stereocenters. The first kappa shape index (κ1) is 23.3. The van der Waals surface area contributed by atoms with Crippen LogP contribution in [0.5, 0.6) is 5.75 Å². The van der Waals surface area contributed by atoms with Crippen LogP contribution in [0.1, 0.15) is 15.9 Å². The zero-order valence-electron chi connectivity index (χ0n) is 16.9. The molecule has 158 valence electrons. The molecule has 0 aliphatic carbocycles. The fourth-order valence-corrected chi connectivity index (χ4v) is 4.01. The van der Waals surface area contributed by atoms with Crippen molar-refractivity contribution in [2.24, 2.45) is 4.99 Å². The third-order valence-corrected chi connectivity index (χ3v) is 5.66. The molecule has 0 unspecified atom stereocenters. The molecule has 0 saturated carbocycles. The van der Waals surface area contributed by atoms with Crippen LogP contribution in [0.3, 0.4) is 0 Å². The lowest BCUT2D eigenvalue weighted by Crippen LogP contribution is -2.52. The number of methoxy groups -OCH3 is 2. The van der Waals surface area contributed by atoms with Crippen LogP contribution in [-0.2, 0) is 11.3 Å². The molecule has 9 heteroatoms. The van der Waals surface area contributed by atoms with E-state index in [1.54, 1.807) is 31.6 Å². The third kappa shape index (κ3) is 5.75. The number of carbonyl (C=O) groups is 1. The van der Waals surface area contributed by atoms with Gasteiger partial charge in [-0.2, -0.15) is 0 Å². The molecule has 7 nitrogen and oxygen atoms in total. The molecule has 1 aromatic heterocycles. The monoisotopic (exact) mass is 530 g/mol. The number of anilines is 1. The fourth-order valence-electron chi connectivity index (χ4n) is 3.23.